The molecule has 0 saturated carbocycles. The van der Waals surface area contributed by atoms with Crippen LogP contribution in [0.5, 0.6) is 0 Å². The fourth-order valence-corrected chi connectivity index (χ4v) is 1.47. The molecule has 0 radical (unpaired) electrons. The van der Waals surface area contributed by atoms with Crippen LogP contribution in [0.3, 0.4) is 0 Å². The minimum Gasteiger partial charge on any atom is -0.124 e. The van der Waals surface area contributed by atoms with Crippen LogP contribution in [0.25, 0.3) is 0 Å². The summed E-state index contributed by atoms with van der Waals surface area (Å²) in [7, 11) is 0. The van der Waals surface area contributed by atoms with Crippen LogP contribution >= 0.6 is 0 Å². The van der Waals surface area contributed by atoms with Crippen molar-refractivity contribution in [2.24, 2.45) is 5.92 Å². The first-order valence-electron chi connectivity index (χ1n) is 7.29. The normalized spacial score (nSPS) is 15.8. The minimum atomic E-state index is 0.986. The van der Waals surface area contributed by atoms with Crippen molar-refractivity contribution in [1.29, 1.82) is 0 Å². The third kappa shape index (κ3) is 15.0. The van der Waals surface area contributed by atoms with Crippen LogP contribution in [-0.2, 0) is 0 Å². The highest BCUT2D eigenvalue weighted by Gasteiger charge is 2.12. The van der Waals surface area contributed by atoms with Crippen molar-refractivity contribution in [2.45, 2.75) is 73.6 Å². The molecule has 0 aromatic heterocycles. The molecule has 0 heteroatoms. The summed E-state index contributed by atoms with van der Waals surface area (Å²) < 4.78 is 0. The van der Waals surface area contributed by atoms with Crippen molar-refractivity contribution in [3.8, 4) is 12.8 Å². The Kier molecular flexibility index (Phi) is 22.7. The Morgan fingerprint density at radius 3 is 1.89 bits per heavy atom. The number of rotatable bonds is 3. The predicted octanol–water partition coefficient (Wildman–Crippen LogP) is 6.39. The van der Waals surface area contributed by atoms with Crippen LogP contribution in [-0.4, -0.2) is 0 Å². The molecular weight excluding hydrogens is 216 g/mol. The van der Waals surface area contributed by atoms with Gasteiger partial charge in [0.1, 0.15) is 0 Å². The van der Waals surface area contributed by atoms with E-state index in [1.165, 1.54) is 31.3 Å². The highest BCUT2D eigenvalue weighted by molar-refractivity contribution is 5.08. The van der Waals surface area contributed by atoms with Gasteiger partial charge in [0.2, 0.25) is 0 Å². The quantitative estimate of drug-likeness (QED) is 0.402. The number of hydrogen-bond acceptors (Lipinski definition) is 0. The van der Waals surface area contributed by atoms with Gasteiger partial charge in [0.15, 0.2) is 0 Å². The van der Waals surface area contributed by atoms with Gasteiger partial charge in [-0.05, 0) is 38.5 Å². The zero-order valence-electron chi connectivity index (χ0n) is 13.6. The van der Waals surface area contributed by atoms with Gasteiger partial charge in [-0.3, -0.25) is 0 Å². The first-order valence-corrected chi connectivity index (χ1v) is 7.29. The fraction of sp³-hybridized carbons (Fsp3) is 0.667. The number of hydrogen-bond donors (Lipinski definition) is 0. The second-order valence-corrected chi connectivity index (χ2v) is 4.24. The Balaban J connectivity index is -0.000000215. The fourth-order valence-electron chi connectivity index (χ4n) is 1.47. The lowest BCUT2D eigenvalue weighted by Gasteiger charge is -2.03. The van der Waals surface area contributed by atoms with E-state index in [1.54, 1.807) is 5.57 Å². The molecule has 0 saturated heterocycles. The van der Waals surface area contributed by atoms with Crippen LogP contribution in [0.15, 0.2) is 23.8 Å². The number of allylic oxidation sites excluding steroid dienone is 3. The lowest BCUT2D eigenvalue weighted by molar-refractivity contribution is 0.540. The summed E-state index contributed by atoms with van der Waals surface area (Å²) in [5, 5.41) is 0. The summed E-state index contributed by atoms with van der Waals surface area (Å²) >= 11 is 0. The molecule has 1 unspecified atom stereocenters. The molecule has 0 amide bonds. The monoisotopic (exact) mass is 250 g/mol. The van der Waals surface area contributed by atoms with Gasteiger partial charge < -0.3 is 0 Å². The van der Waals surface area contributed by atoms with E-state index in [4.69, 9.17) is 0 Å². The molecule has 0 heterocycles. The average molecular weight is 250 g/mol. The standard InChI is InChI=1S/C9H16.C5H10.C2H6.C2H2/c1-3-8-5-6-9(4-2)7-8;1-4-5(2)3;2*1-2/h5,9H,3-4,6-7H2,1-2H3;2,4H2,1,3H3;1-2H3;1-2H. The van der Waals surface area contributed by atoms with Crippen LogP contribution in [0.4, 0.5) is 0 Å². The molecular formula is C18H34. The van der Waals surface area contributed by atoms with Crippen molar-refractivity contribution in [2.75, 3.05) is 0 Å². The maximum absolute atomic E-state index is 4.00. The summed E-state index contributed by atoms with van der Waals surface area (Å²) in [6, 6.07) is 0. The van der Waals surface area contributed by atoms with Crippen LogP contribution in [0.2, 0.25) is 0 Å². The molecule has 0 fully saturated rings. The lowest BCUT2D eigenvalue weighted by Crippen LogP contribution is -1.90. The van der Waals surface area contributed by atoms with Gasteiger partial charge in [-0.15, -0.1) is 19.4 Å². The topological polar surface area (TPSA) is 0 Å². The van der Waals surface area contributed by atoms with Crippen LogP contribution in [0.1, 0.15) is 73.6 Å². The molecule has 1 atom stereocenters. The molecule has 106 valence electrons. The second kappa shape index (κ2) is 18.4. The van der Waals surface area contributed by atoms with E-state index in [1.807, 2.05) is 20.8 Å². The second-order valence-electron chi connectivity index (χ2n) is 4.24. The van der Waals surface area contributed by atoms with Crippen molar-refractivity contribution in [1.82, 2.24) is 0 Å². The average Bonchev–Trinajstić information content (AvgIpc) is 2.92. The smallest absolute Gasteiger partial charge is 0.0289 e. The maximum atomic E-state index is 4.00. The molecule has 18 heavy (non-hydrogen) atoms. The zero-order chi connectivity index (χ0) is 15.0. The SMILES string of the molecule is C#C.C=C(C)CC.CC.CCC1=CCC(CC)C1. The van der Waals surface area contributed by atoms with Crippen molar-refractivity contribution < 1.29 is 0 Å². The Morgan fingerprint density at radius 2 is 1.72 bits per heavy atom. The molecule has 0 N–H and O–H groups in total. The Bertz CT molecular complexity index is 217. The highest BCUT2D eigenvalue weighted by atomic mass is 14.2. The molecule has 1 aliphatic rings. The summed E-state index contributed by atoms with van der Waals surface area (Å²) in [5.41, 5.74) is 2.94. The molecule has 0 bridgehead atoms. The van der Waals surface area contributed by atoms with E-state index >= 15 is 0 Å². The van der Waals surface area contributed by atoms with E-state index in [0.29, 0.717) is 0 Å². The van der Waals surface area contributed by atoms with Crippen molar-refractivity contribution >= 4 is 0 Å². The zero-order valence-corrected chi connectivity index (χ0v) is 13.6. The molecule has 1 aliphatic carbocycles. The summed E-state index contributed by atoms with van der Waals surface area (Å²) in [4.78, 5) is 0. The predicted molar refractivity (Wildman–Crippen MR) is 87.7 cm³/mol. The van der Waals surface area contributed by atoms with Gasteiger partial charge in [0.25, 0.3) is 0 Å². The molecule has 0 aliphatic heterocycles. The van der Waals surface area contributed by atoms with Crippen LogP contribution in [0, 0.1) is 18.8 Å². The van der Waals surface area contributed by atoms with Crippen LogP contribution < -0.4 is 0 Å². The molecule has 0 spiro atoms. The lowest BCUT2D eigenvalue weighted by atomic mass is 10.0. The van der Waals surface area contributed by atoms with Gasteiger partial charge in [-0.1, -0.05) is 58.3 Å². The van der Waals surface area contributed by atoms with E-state index in [0.717, 1.165) is 12.3 Å². The van der Waals surface area contributed by atoms with Gasteiger partial charge in [-0.2, -0.15) is 0 Å². The van der Waals surface area contributed by atoms with E-state index in [-0.39, 0.29) is 0 Å². The third-order valence-corrected chi connectivity index (χ3v) is 2.93. The Hall–Kier alpha value is -0.960. The molecule has 0 aromatic rings. The van der Waals surface area contributed by atoms with Gasteiger partial charge in [0.05, 0.1) is 0 Å². The Labute approximate surface area is 117 Å². The largest absolute Gasteiger partial charge is 0.124 e. The molecule has 1 rings (SSSR count). The van der Waals surface area contributed by atoms with Gasteiger partial charge >= 0.3 is 0 Å². The summed E-state index contributed by atoms with van der Waals surface area (Å²) in [6.45, 7) is 16.3. The van der Waals surface area contributed by atoms with E-state index < -0.39 is 0 Å². The van der Waals surface area contributed by atoms with E-state index in [9.17, 15) is 0 Å². The third-order valence-electron chi connectivity index (χ3n) is 2.93. The minimum absolute atomic E-state index is 0.986. The first kappa shape index (κ1) is 22.2. The summed E-state index contributed by atoms with van der Waals surface area (Å²) in [5.74, 6) is 0.986. The first-order chi connectivity index (χ1) is 8.63. The van der Waals surface area contributed by atoms with Crippen molar-refractivity contribution in [3.63, 3.8) is 0 Å². The number of terminal acetylenes is 1. The molecule has 0 nitrogen and oxygen atoms in total. The summed E-state index contributed by atoms with van der Waals surface area (Å²) in [6.07, 6.45) is 16.9. The van der Waals surface area contributed by atoms with Gasteiger partial charge in [0, 0.05) is 0 Å². The van der Waals surface area contributed by atoms with Crippen molar-refractivity contribution in [3.05, 3.63) is 23.8 Å². The Morgan fingerprint density at radius 1 is 1.28 bits per heavy atom. The van der Waals surface area contributed by atoms with Gasteiger partial charge in [-0.25, -0.2) is 0 Å². The highest BCUT2D eigenvalue weighted by Crippen LogP contribution is 2.28. The van der Waals surface area contributed by atoms with E-state index in [2.05, 4.69) is 46.3 Å². The molecule has 0 aromatic carbocycles. The maximum Gasteiger partial charge on any atom is -0.0289 e.